The molecule has 1 amide bonds. The Morgan fingerprint density at radius 1 is 1.53 bits per heavy atom. The van der Waals surface area contributed by atoms with E-state index in [9.17, 15) is 4.79 Å². The Morgan fingerprint density at radius 3 is 2.60 bits per heavy atom. The van der Waals surface area contributed by atoms with Crippen molar-refractivity contribution >= 4 is 27.5 Å². The highest BCUT2D eigenvalue weighted by molar-refractivity contribution is 9.10. The number of halogens is 1. The topological polar surface area (TPSA) is 78.3 Å². The maximum atomic E-state index is 10.8. The number of ether oxygens (including phenoxy) is 1. The molecule has 0 saturated heterocycles. The molecule has 0 bridgehead atoms. The number of rotatable bonds is 3. The maximum absolute atomic E-state index is 10.8. The molecule has 5 heteroatoms. The Hall–Kier alpha value is -1.23. The first-order valence-corrected chi connectivity index (χ1v) is 5.22. The highest BCUT2D eigenvalue weighted by Crippen LogP contribution is 2.30. The molecule has 15 heavy (non-hydrogen) atoms. The summed E-state index contributed by atoms with van der Waals surface area (Å²) in [6, 6.07) is 3.58. The summed E-state index contributed by atoms with van der Waals surface area (Å²) in [6.45, 7) is 3.44. The van der Waals surface area contributed by atoms with Gasteiger partial charge in [0.05, 0.1) is 5.69 Å². The molecule has 0 heterocycles. The SMILES string of the molecule is Cc1cc(Br)cc(N)c1OC(C)C(N)=O. The molecule has 4 N–H and O–H groups in total. The van der Waals surface area contributed by atoms with Crippen LogP contribution in [0.15, 0.2) is 16.6 Å². The average molecular weight is 273 g/mol. The van der Waals surface area contributed by atoms with Gasteiger partial charge in [-0.15, -0.1) is 0 Å². The molecule has 1 aromatic carbocycles. The van der Waals surface area contributed by atoms with Crippen LogP contribution < -0.4 is 16.2 Å². The van der Waals surface area contributed by atoms with Gasteiger partial charge in [0.1, 0.15) is 5.75 Å². The lowest BCUT2D eigenvalue weighted by Crippen LogP contribution is -2.31. The second-order valence-electron chi connectivity index (χ2n) is 3.30. The van der Waals surface area contributed by atoms with E-state index < -0.39 is 12.0 Å². The molecule has 0 radical (unpaired) electrons. The number of benzene rings is 1. The van der Waals surface area contributed by atoms with Crippen molar-refractivity contribution in [3.8, 4) is 5.75 Å². The molecular weight excluding hydrogens is 260 g/mol. The summed E-state index contributed by atoms with van der Waals surface area (Å²) in [5.74, 6) is -0.0128. The summed E-state index contributed by atoms with van der Waals surface area (Å²) in [5.41, 5.74) is 12.2. The quantitative estimate of drug-likeness (QED) is 0.821. The number of primary amides is 1. The molecule has 4 nitrogen and oxygen atoms in total. The Labute approximate surface area is 96.7 Å². The summed E-state index contributed by atoms with van der Waals surface area (Å²) >= 11 is 3.32. The molecule has 82 valence electrons. The molecule has 0 aliphatic heterocycles. The van der Waals surface area contributed by atoms with E-state index in [-0.39, 0.29) is 0 Å². The van der Waals surface area contributed by atoms with Crippen LogP contribution in [0.2, 0.25) is 0 Å². The van der Waals surface area contributed by atoms with Gasteiger partial charge in [-0.2, -0.15) is 0 Å². The Bertz CT molecular complexity index is 370. The van der Waals surface area contributed by atoms with Crippen LogP contribution in [0, 0.1) is 6.92 Å². The van der Waals surface area contributed by atoms with E-state index >= 15 is 0 Å². The lowest BCUT2D eigenvalue weighted by molar-refractivity contribution is -0.123. The molecule has 0 aliphatic carbocycles. The predicted molar refractivity (Wildman–Crippen MR) is 62.6 cm³/mol. The third-order valence-electron chi connectivity index (χ3n) is 1.96. The second-order valence-corrected chi connectivity index (χ2v) is 4.22. The molecule has 0 fully saturated rings. The largest absolute Gasteiger partial charge is 0.478 e. The molecule has 0 saturated carbocycles. The van der Waals surface area contributed by atoms with Gasteiger partial charge < -0.3 is 16.2 Å². The van der Waals surface area contributed by atoms with Crippen LogP contribution in [0.25, 0.3) is 0 Å². The van der Waals surface area contributed by atoms with Crippen LogP contribution in [0.5, 0.6) is 5.75 Å². The van der Waals surface area contributed by atoms with Crippen molar-refractivity contribution in [2.45, 2.75) is 20.0 Å². The molecule has 0 aromatic heterocycles. The van der Waals surface area contributed by atoms with Crippen LogP contribution in [-0.2, 0) is 4.79 Å². The standard InChI is InChI=1S/C10H13BrN2O2/c1-5-3-7(11)4-8(12)9(5)15-6(2)10(13)14/h3-4,6H,12H2,1-2H3,(H2,13,14). The average Bonchev–Trinajstić information content (AvgIpc) is 2.10. The molecular formula is C10H13BrN2O2. The van der Waals surface area contributed by atoms with Crippen molar-refractivity contribution in [3.63, 3.8) is 0 Å². The summed E-state index contributed by atoms with van der Waals surface area (Å²) in [4.78, 5) is 10.8. The van der Waals surface area contributed by atoms with Gasteiger partial charge in [0, 0.05) is 4.47 Å². The number of hydrogen-bond donors (Lipinski definition) is 2. The number of nitrogen functional groups attached to an aromatic ring is 1. The first-order valence-electron chi connectivity index (χ1n) is 4.43. The zero-order chi connectivity index (χ0) is 11.6. The smallest absolute Gasteiger partial charge is 0.258 e. The minimum absolute atomic E-state index is 0.481. The monoisotopic (exact) mass is 272 g/mol. The van der Waals surface area contributed by atoms with Crippen molar-refractivity contribution < 1.29 is 9.53 Å². The number of amides is 1. The minimum atomic E-state index is -0.688. The number of anilines is 1. The lowest BCUT2D eigenvalue weighted by atomic mass is 10.2. The van der Waals surface area contributed by atoms with Crippen molar-refractivity contribution in [3.05, 3.63) is 22.2 Å². The van der Waals surface area contributed by atoms with E-state index in [1.165, 1.54) is 0 Å². The fraction of sp³-hybridized carbons (Fsp3) is 0.300. The molecule has 0 aliphatic rings. The minimum Gasteiger partial charge on any atom is -0.478 e. The van der Waals surface area contributed by atoms with Gasteiger partial charge in [-0.05, 0) is 31.5 Å². The Kier molecular flexibility index (Phi) is 3.57. The highest BCUT2D eigenvalue weighted by Gasteiger charge is 2.14. The van der Waals surface area contributed by atoms with E-state index in [0.29, 0.717) is 11.4 Å². The summed E-state index contributed by atoms with van der Waals surface area (Å²) in [6.07, 6.45) is -0.688. The van der Waals surface area contributed by atoms with Gasteiger partial charge in [-0.25, -0.2) is 0 Å². The molecule has 1 aromatic rings. The van der Waals surface area contributed by atoms with E-state index in [0.717, 1.165) is 10.0 Å². The summed E-state index contributed by atoms with van der Waals surface area (Å²) < 4.78 is 6.24. The third-order valence-corrected chi connectivity index (χ3v) is 2.42. The van der Waals surface area contributed by atoms with Crippen molar-refractivity contribution in [2.24, 2.45) is 5.73 Å². The first-order chi connectivity index (χ1) is 6.91. The van der Waals surface area contributed by atoms with E-state index in [1.54, 1.807) is 13.0 Å². The van der Waals surface area contributed by atoms with Crippen molar-refractivity contribution in [1.29, 1.82) is 0 Å². The van der Waals surface area contributed by atoms with E-state index in [4.69, 9.17) is 16.2 Å². The van der Waals surface area contributed by atoms with Crippen LogP contribution in [0.3, 0.4) is 0 Å². The van der Waals surface area contributed by atoms with Gasteiger partial charge in [0.25, 0.3) is 5.91 Å². The normalized spacial score (nSPS) is 12.2. The van der Waals surface area contributed by atoms with Crippen LogP contribution >= 0.6 is 15.9 Å². The van der Waals surface area contributed by atoms with Gasteiger partial charge in [0.2, 0.25) is 0 Å². The molecule has 1 atom stereocenters. The summed E-state index contributed by atoms with van der Waals surface area (Å²) in [7, 11) is 0. The van der Waals surface area contributed by atoms with Crippen LogP contribution in [0.1, 0.15) is 12.5 Å². The van der Waals surface area contributed by atoms with Gasteiger partial charge in [-0.3, -0.25) is 4.79 Å². The number of nitrogens with two attached hydrogens (primary N) is 2. The Balaban J connectivity index is 3.00. The van der Waals surface area contributed by atoms with E-state index in [1.807, 2.05) is 13.0 Å². The first kappa shape index (κ1) is 11.8. The van der Waals surface area contributed by atoms with E-state index in [2.05, 4.69) is 15.9 Å². The lowest BCUT2D eigenvalue weighted by Gasteiger charge is -2.15. The fourth-order valence-corrected chi connectivity index (χ4v) is 1.74. The zero-order valence-electron chi connectivity index (χ0n) is 8.58. The molecule has 0 spiro atoms. The maximum Gasteiger partial charge on any atom is 0.258 e. The highest BCUT2D eigenvalue weighted by atomic mass is 79.9. The molecule has 1 unspecified atom stereocenters. The zero-order valence-corrected chi connectivity index (χ0v) is 10.2. The number of hydrogen-bond acceptors (Lipinski definition) is 3. The van der Waals surface area contributed by atoms with Crippen molar-refractivity contribution in [1.82, 2.24) is 0 Å². The Morgan fingerprint density at radius 2 is 2.13 bits per heavy atom. The van der Waals surface area contributed by atoms with Gasteiger partial charge >= 0.3 is 0 Å². The van der Waals surface area contributed by atoms with Crippen LogP contribution in [-0.4, -0.2) is 12.0 Å². The number of carbonyl (C=O) groups excluding carboxylic acids is 1. The summed E-state index contributed by atoms with van der Waals surface area (Å²) in [5, 5.41) is 0. The fourth-order valence-electron chi connectivity index (χ4n) is 1.15. The van der Waals surface area contributed by atoms with Gasteiger partial charge in [0.15, 0.2) is 6.10 Å². The number of aryl methyl sites for hydroxylation is 1. The molecule has 1 rings (SSSR count). The number of carbonyl (C=O) groups is 1. The third kappa shape index (κ3) is 2.86. The van der Waals surface area contributed by atoms with Crippen LogP contribution in [0.4, 0.5) is 5.69 Å². The van der Waals surface area contributed by atoms with Gasteiger partial charge in [-0.1, -0.05) is 15.9 Å². The predicted octanol–water partition coefficient (Wildman–Crippen LogP) is 1.59. The second kappa shape index (κ2) is 4.53. The van der Waals surface area contributed by atoms with Crippen molar-refractivity contribution in [2.75, 3.05) is 5.73 Å².